The molecule has 1 amide bonds. The van der Waals surface area contributed by atoms with Gasteiger partial charge in [-0.05, 0) is 71.6 Å². The van der Waals surface area contributed by atoms with Crippen molar-refractivity contribution in [1.82, 2.24) is 4.90 Å². The van der Waals surface area contributed by atoms with E-state index in [0.717, 1.165) is 29.4 Å². The standard InChI is InChI=1S/C15H19BrN2O/c16-13-6-5-12(7-14(13)17)15(19)18(8-10-1-2-10)9-11-3-4-11/h5-7,10-11H,1-4,8-9,17H2. The third kappa shape index (κ3) is 3.30. The van der Waals surface area contributed by atoms with Crippen molar-refractivity contribution >= 4 is 27.5 Å². The molecule has 1 aromatic rings. The number of anilines is 1. The summed E-state index contributed by atoms with van der Waals surface area (Å²) in [5.74, 6) is 1.60. The van der Waals surface area contributed by atoms with Crippen LogP contribution in [-0.2, 0) is 0 Å². The molecule has 4 heteroatoms. The van der Waals surface area contributed by atoms with Crippen molar-refractivity contribution < 1.29 is 4.79 Å². The van der Waals surface area contributed by atoms with Crippen LogP contribution < -0.4 is 5.73 Å². The van der Waals surface area contributed by atoms with Crippen molar-refractivity contribution in [2.75, 3.05) is 18.8 Å². The van der Waals surface area contributed by atoms with Crippen LogP contribution in [-0.4, -0.2) is 23.9 Å². The summed E-state index contributed by atoms with van der Waals surface area (Å²) < 4.78 is 0.847. The fourth-order valence-electron chi connectivity index (χ4n) is 2.32. The molecule has 3 nitrogen and oxygen atoms in total. The summed E-state index contributed by atoms with van der Waals surface area (Å²) in [6.07, 6.45) is 5.10. The average Bonchev–Trinajstić information content (AvgIpc) is 3.26. The first-order chi connectivity index (χ1) is 9.13. The normalized spacial score (nSPS) is 18.4. The first kappa shape index (κ1) is 13.0. The third-order valence-corrected chi connectivity index (χ3v) is 4.60. The molecule has 102 valence electrons. The molecule has 2 fully saturated rings. The van der Waals surface area contributed by atoms with E-state index < -0.39 is 0 Å². The molecular formula is C15H19BrN2O. The Balaban J connectivity index is 1.74. The van der Waals surface area contributed by atoms with E-state index in [2.05, 4.69) is 15.9 Å². The number of benzene rings is 1. The van der Waals surface area contributed by atoms with E-state index in [9.17, 15) is 4.79 Å². The topological polar surface area (TPSA) is 46.3 Å². The lowest BCUT2D eigenvalue weighted by Crippen LogP contribution is -2.34. The first-order valence-corrected chi connectivity index (χ1v) is 7.77. The Morgan fingerprint density at radius 1 is 1.21 bits per heavy atom. The molecule has 0 unspecified atom stereocenters. The predicted octanol–water partition coefficient (Wildman–Crippen LogP) is 3.29. The van der Waals surface area contributed by atoms with Crippen LogP contribution in [0.3, 0.4) is 0 Å². The molecule has 0 aromatic heterocycles. The van der Waals surface area contributed by atoms with Gasteiger partial charge in [0.1, 0.15) is 0 Å². The molecule has 0 saturated heterocycles. The zero-order chi connectivity index (χ0) is 13.4. The van der Waals surface area contributed by atoms with E-state index in [1.165, 1.54) is 25.7 Å². The summed E-state index contributed by atoms with van der Waals surface area (Å²) in [6, 6.07) is 5.49. The van der Waals surface area contributed by atoms with E-state index in [-0.39, 0.29) is 5.91 Å². The summed E-state index contributed by atoms with van der Waals surface area (Å²) in [7, 11) is 0. The van der Waals surface area contributed by atoms with E-state index >= 15 is 0 Å². The van der Waals surface area contributed by atoms with Crippen molar-refractivity contribution in [1.29, 1.82) is 0 Å². The minimum absolute atomic E-state index is 0.137. The average molecular weight is 323 g/mol. The van der Waals surface area contributed by atoms with Crippen LogP contribution in [0.4, 0.5) is 5.69 Å². The number of carbonyl (C=O) groups is 1. The second-order valence-corrected chi connectivity index (χ2v) is 6.69. The fraction of sp³-hybridized carbons (Fsp3) is 0.533. The van der Waals surface area contributed by atoms with Gasteiger partial charge in [-0.25, -0.2) is 0 Å². The van der Waals surface area contributed by atoms with Gasteiger partial charge in [-0.1, -0.05) is 0 Å². The van der Waals surface area contributed by atoms with Crippen LogP contribution in [0.2, 0.25) is 0 Å². The molecular weight excluding hydrogens is 304 g/mol. The van der Waals surface area contributed by atoms with Crippen molar-refractivity contribution in [2.45, 2.75) is 25.7 Å². The van der Waals surface area contributed by atoms with Gasteiger partial charge in [0, 0.05) is 28.8 Å². The number of nitrogens with two attached hydrogens (primary N) is 1. The minimum Gasteiger partial charge on any atom is -0.398 e. The minimum atomic E-state index is 0.137. The van der Waals surface area contributed by atoms with Gasteiger partial charge in [0.2, 0.25) is 0 Å². The van der Waals surface area contributed by atoms with Gasteiger partial charge in [0.25, 0.3) is 5.91 Å². The number of halogens is 1. The number of carbonyl (C=O) groups excluding carboxylic acids is 1. The van der Waals surface area contributed by atoms with Crippen LogP contribution in [0.15, 0.2) is 22.7 Å². The Kier molecular flexibility index (Phi) is 3.52. The third-order valence-electron chi connectivity index (χ3n) is 3.88. The summed E-state index contributed by atoms with van der Waals surface area (Å²) >= 11 is 3.37. The predicted molar refractivity (Wildman–Crippen MR) is 79.9 cm³/mol. The van der Waals surface area contributed by atoms with Crippen LogP contribution in [0.1, 0.15) is 36.0 Å². The Labute approximate surface area is 122 Å². The van der Waals surface area contributed by atoms with Gasteiger partial charge < -0.3 is 10.6 Å². The quantitative estimate of drug-likeness (QED) is 0.845. The van der Waals surface area contributed by atoms with Crippen molar-refractivity contribution in [2.24, 2.45) is 11.8 Å². The van der Waals surface area contributed by atoms with Gasteiger partial charge >= 0.3 is 0 Å². The first-order valence-electron chi connectivity index (χ1n) is 6.98. The molecule has 0 aliphatic heterocycles. The van der Waals surface area contributed by atoms with E-state index in [4.69, 9.17) is 5.73 Å². The maximum absolute atomic E-state index is 12.6. The Morgan fingerprint density at radius 2 is 1.79 bits per heavy atom. The van der Waals surface area contributed by atoms with Gasteiger partial charge in [0.15, 0.2) is 0 Å². The van der Waals surface area contributed by atoms with E-state index in [1.54, 1.807) is 6.07 Å². The maximum atomic E-state index is 12.6. The summed E-state index contributed by atoms with van der Waals surface area (Å²) in [4.78, 5) is 14.6. The second-order valence-electron chi connectivity index (χ2n) is 5.83. The number of nitrogens with zero attached hydrogens (tertiary/aromatic N) is 1. The number of amides is 1. The van der Waals surface area contributed by atoms with Crippen LogP contribution >= 0.6 is 15.9 Å². The molecule has 1 aromatic carbocycles. The van der Waals surface area contributed by atoms with Crippen LogP contribution in [0.25, 0.3) is 0 Å². The van der Waals surface area contributed by atoms with E-state index in [1.807, 2.05) is 17.0 Å². The molecule has 0 radical (unpaired) electrons. The highest BCUT2D eigenvalue weighted by atomic mass is 79.9. The molecule has 3 rings (SSSR count). The summed E-state index contributed by atoms with van der Waals surface area (Å²) in [5, 5.41) is 0. The molecule has 0 bridgehead atoms. The Morgan fingerprint density at radius 3 is 2.26 bits per heavy atom. The fourth-order valence-corrected chi connectivity index (χ4v) is 2.57. The Bertz CT molecular complexity index is 481. The lowest BCUT2D eigenvalue weighted by Gasteiger charge is -2.23. The summed E-state index contributed by atoms with van der Waals surface area (Å²) in [5.41, 5.74) is 7.21. The molecule has 2 aliphatic rings. The highest BCUT2D eigenvalue weighted by Gasteiger charge is 2.31. The van der Waals surface area contributed by atoms with Crippen molar-refractivity contribution in [3.05, 3.63) is 28.2 Å². The SMILES string of the molecule is Nc1cc(C(=O)N(CC2CC2)CC2CC2)ccc1Br. The van der Waals surface area contributed by atoms with Gasteiger partial charge in [-0.3, -0.25) is 4.79 Å². The lowest BCUT2D eigenvalue weighted by molar-refractivity contribution is 0.0739. The Hall–Kier alpha value is -1.03. The van der Waals surface area contributed by atoms with Crippen LogP contribution in [0.5, 0.6) is 0 Å². The van der Waals surface area contributed by atoms with Gasteiger partial charge in [0.05, 0.1) is 0 Å². The molecule has 0 spiro atoms. The molecule has 2 aliphatic carbocycles. The van der Waals surface area contributed by atoms with Gasteiger partial charge in [-0.2, -0.15) is 0 Å². The highest BCUT2D eigenvalue weighted by molar-refractivity contribution is 9.10. The largest absolute Gasteiger partial charge is 0.398 e. The highest BCUT2D eigenvalue weighted by Crippen LogP contribution is 2.34. The zero-order valence-corrected chi connectivity index (χ0v) is 12.5. The lowest BCUT2D eigenvalue weighted by atomic mass is 10.1. The molecule has 0 atom stereocenters. The van der Waals surface area contributed by atoms with Crippen LogP contribution in [0, 0.1) is 11.8 Å². The number of hydrogen-bond acceptors (Lipinski definition) is 2. The van der Waals surface area contributed by atoms with Gasteiger partial charge in [-0.15, -0.1) is 0 Å². The molecule has 19 heavy (non-hydrogen) atoms. The molecule has 0 heterocycles. The van der Waals surface area contributed by atoms with Crippen molar-refractivity contribution in [3.8, 4) is 0 Å². The maximum Gasteiger partial charge on any atom is 0.253 e. The summed E-state index contributed by atoms with van der Waals surface area (Å²) in [6.45, 7) is 1.84. The van der Waals surface area contributed by atoms with Crippen molar-refractivity contribution in [3.63, 3.8) is 0 Å². The molecule has 2 saturated carbocycles. The second kappa shape index (κ2) is 5.16. The zero-order valence-electron chi connectivity index (χ0n) is 10.9. The van der Waals surface area contributed by atoms with E-state index in [0.29, 0.717) is 11.3 Å². The monoisotopic (exact) mass is 322 g/mol. The molecule has 2 N–H and O–H groups in total. The number of nitrogen functional groups attached to an aromatic ring is 1. The smallest absolute Gasteiger partial charge is 0.253 e. The number of rotatable bonds is 5. The number of hydrogen-bond donors (Lipinski definition) is 1.